The summed E-state index contributed by atoms with van der Waals surface area (Å²) in [5.41, 5.74) is -0.706. The van der Waals surface area contributed by atoms with E-state index in [1.165, 1.54) is 6.92 Å². The van der Waals surface area contributed by atoms with Crippen molar-refractivity contribution >= 4 is 0 Å². The van der Waals surface area contributed by atoms with Crippen molar-refractivity contribution in [3.05, 3.63) is 0 Å². The molecule has 0 aromatic heterocycles. The molecule has 1 saturated carbocycles. The highest BCUT2D eigenvalue weighted by atomic mass is 19.4. The predicted octanol–water partition coefficient (Wildman–Crippen LogP) is 4.26. The van der Waals surface area contributed by atoms with Crippen LogP contribution in [0.5, 0.6) is 0 Å². The van der Waals surface area contributed by atoms with Gasteiger partial charge in [0, 0.05) is 0 Å². The molecular formula is C11H19F3. The molecular weight excluding hydrogens is 189 g/mol. The second-order valence-corrected chi connectivity index (χ2v) is 5.10. The quantitative estimate of drug-likeness (QED) is 0.636. The SMILES string of the molecule is CCC1(C(C)C(F)(F)F)C(C)C1(C)C. The smallest absolute Gasteiger partial charge is 0.171 e. The molecule has 0 nitrogen and oxygen atoms in total. The van der Waals surface area contributed by atoms with Gasteiger partial charge in [0.25, 0.3) is 0 Å². The first-order chi connectivity index (χ1) is 6.12. The van der Waals surface area contributed by atoms with Crippen LogP contribution < -0.4 is 0 Å². The fourth-order valence-corrected chi connectivity index (χ4v) is 3.46. The van der Waals surface area contributed by atoms with Gasteiger partial charge < -0.3 is 0 Å². The molecule has 0 radical (unpaired) electrons. The number of halogens is 3. The van der Waals surface area contributed by atoms with Crippen molar-refractivity contribution in [1.82, 2.24) is 0 Å². The molecule has 0 heterocycles. The van der Waals surface area contributed by atoms with Crippen LogP contribution in [0.15, 0.2) is 0 Å². The van der Waals surface area contributed by atoms with Crippen LogP contribution in [-0.2, 0) is 0 Å². The lowest BCUT2D eigenvalue weighted by Crippen LogP contribution is -2.32. The Balaban J connectivity index is 2.97. The first-order valence-electron chi connectivity index (χ1n) is 5.19. The molecule has 3 atom stereocenters. The summed E-state index contributed by atoms with van der Waals surface area (Å²) < 4.78 is 38.1. The predicted molar refractivity (Wildman–Crippen MR) is 50.9 cm³/mol. The van der Waals surface area contributed by atoms with E-state index in [1.54, 1.807) is 0 Å². The lowest BCUT2D eigenvalue weighted by atomic mass is 9.80. The molecule has 3 unspecified atom stereocenters. The Morgan fingerprint density at radius 1 is 1.29 bits per heavy atom. The Bertz CT molecular complexity index is 229. The molecule has 0 spiro atoms. The first-order valence-corrected chi connectivity index (χ1v) is 5.19. The van der Waals surface area contributed by atoms with E-state index in [1.807, 2.05) is 27.7 Å². The molecule has 1 rings (SSSR count). The fourth-order valence-electron chi connectivity index (χ4n) is 3.46. The molecule has 0 saturated heterocycles. The van der Waals surface area contributed by atoms with Crippen LogP contribution in [0.4, 0.5) is 13.2 Å². The molecule has 0 N–H and O–H groups in total. The zero-order chi connectivity index (χ0) is 11.4. The maximum absolute atomic E-state index is 12.7. The van der Waals surface area contributed by atoms with Gasteiger partial charge in [-0.2, -0.15) is 13.2 Å². The summed E-state index contributed by atoms with van der Waals surface area (Å²) in [7, 11) is 0. The van der Waals surface area contributed by atoms with Crippen molar-refractivity contribution < 1.29 is 13.2 Å². The molecule has 0 bridgehead atoms. The second-order valence-electron chi connectivity index (χ2n) is 5.10. The summed E-state index contributed by atoms with van der Waals surface area (Å²) in [6.07, 6.45) is -3.44. The maximum Gasteiger partial charge on any atom is 0.392 e. The largest absolute Gasteiger partial charge is 0.392 e. The van der Waals surface area contributed by atoms with Crippen LogP contribution in [0.2, 0.25) is 0 Å². The lowest BCUT2D eigenvalue weighted by molar-refractivity contribution is -0.193. The Kier molecular flexibility index (Phi) is 2.45. The van der Waals surface area contributed by atoms with Gasteiger partial charge in [-0.05, 0) is 23.2 Å². The van der Waals surface area contributed by atoms with Crippen LogP contribution in [0.3, 0.4) is 0 Å². The minimum atomic E-state index is -4.06. The lowest BCUT2D eigenvalue weighted by Gasteiger charge is -2.28. The van der Waals surface area contributed by atoms with E-state index >= 15 is 0 Å². The van der Waals surface area contributed by atoms with Crippen LogP contribution >= 0.6 is 0 Å². The van der Waals surface area contributed by atoms with Gasteiger partial charge in [0.2, 0.25) is 0 Å². The van der Waals surface area contributed by atoms with E-state index in [0.29, 0.717) is 6.42 Å². The van der Waals surface area contributed by atoms with Crippen molar-refractivity contribution in [1.29, 1.82) is 0 Å². The summed E-state index contributed by atoms with van der Waals surface area (Å²) in [6, 6.07) is 0. The molecule has 0 aromatic carbocycles. The number of alkyl halides is 3. The van der Waals surface area contributed by atoms with E-state index in [4.69, 9.17) is 0 Å². The fraction of sp³-hybridized carbons (Fsp3) is 1.00. The van der Waals surface area contributed by atoms with Gasteiger partial charge in [0.05, 0.1) is 5.92 Å². The summed E-state index contributed by atoms with van der Waals surface area (Å²) >= 11 is 0. The Hall–Kier alpha value is -0.210. The molecule has 1 aliphatic rings. The highest BCUT2D eigenvalue weighted by Gasteiger charge is 2.73. The molecule has 3 heteroatoms. The minimum absolute atomic E-state index is 0.164. The summed E-state index contributed by atoms with van der Waals surface area (Å²) in [4.78, 5) is 0. The van der Waals surface area contributed by atoms with Crippen LogP contribution in [0, 0.1) is 22.7 Å². The third-order valence-corrected chi connectivity index (χ3v) is 4.82. The number of hydrogen-bond donors (Lipinski definition) is 0. The number of rotatable bonds is 2. The molecule has 14 heavy (non-hydrogen) atoms. The van der Waals surface area contributed by atoms with Gasteiger partial charge >= 0.3 is 6.18 Å². The van der Waals surface area contributed by atoms with Crippen LogP contribution in [0.1, 0.15) is 41.0 Å². The monoisotopic (exact) mass is 208 g/mol. The summed E-state index contributed by atoms with van der Waals surface area (Å²) in [5.74, 6) is -1.03. The van der Waals surface area contributed by atoms with Gasteiger partial charge in [0.15, 0.2) is 0 Å². The topological polar surface area (TPSA) is 0 Å². The van der Waals surface area contributed by atoms with Crippen molar-refractivity contribution in [2.24, 2.45) is 22.7 Å². The first kappa shape index (κ1) is 11.9. The third-order valence-electron chi connectivity index (χ3n) is 4.82. The van der Waals surface area contributed by atoms with Crippen molar-refractivity contribution in [2.45, 2.75) is 47.2 Å². The Labute approximate surface area is 83.9 Å². The average Bonchev–Trinajstić information content (AvgIpc) is 2.45. The standard InChI is InChI=1S/C11H19F3/c1-6-10(7(2)9(10,4)5)8(3)11(12,13)14/h7-8H,6H2,1-5H3. The molecule has 1 aliphatic carbocycles. The maximum atomic E-state index is 12.7. The Morgan fingerprint density at radius 2 is 1.64 bits per heavy atom. The van der Waals surface area contributed by atoms with Gasteiger partial charge in [-0.3, -0.25) is 0 Å². The molecule has 1 fully saturated rings. The van der Waals surface area contributed by atoms with Gasteiger partial charge in [0.1, 0.15) is 0 Å². The van der Waals surface area contributed by atoms with E-state index in [-0.39, 0.29) is 11.3 Å². The number of hydrogen-bond acceptors (Lipinski definition) is 0. The normalized spacial score (nSPS) is 38.1. The van der Waals surface area contributed by atoms with E-state index in [0.717, 1.165) is 0 Å². The van der Waals surface area contributed by atoms with Crippen LogP contribution in [-0.4, -0.2) is 6.18 Å². The molecule has 0 amide bonds. The van der Waals surface area contributed by atoms with Crippen molar-refractivity contribution in [3.8, 4) is 0 Å². The van der Waals surface area contributed by atoms with E-state index in [2.05, 4.69) is 0 Å². The average molecular weight is 208 g/mol. The van der Waals surface area contributed by atoms with E-state index < -0.39 is 17.5 Å². The molecule has 0 aromatic rings. The molecule has 84 valence electrons. The second kappa shape index (κ2) is 2.89. The zero-order valence-electron chi connectivity index (χ0n) is 9.50. The van der Waals surface area contributed by atoms with Gasteiger partial charge in [-0.1, -0.05) is 34.6 Å². The van der Waals surface area contributed by atoms with Crippen LogP contribution in [0.25, 0.3) is 0 Å². The minimum Gasteiger partial charge on any atom is -0.171 e. The van der Waals surface area contributed by atoms with Crippen molar-refractivity contribution in [2.75, 3.05) is 0 Å². The highest BCUT2D eigenvalue weighted by Crippen LogP contribution is 2.75. The Morgan fingerprint density at radius 3 is 1.71 bits per heavy atom. The summed E-state index contributed by atoms with van der Waals surface area (Å²) in [5, 5.41) is 0. The molecule has 0 aliphatic heterocycles. The third kappa shape index (κ3) is 1.20. The highest BCUT2D eigenvalue weighted by molar-refractivity contribution is 5.17. The zero-order valence-corrected chi connectivity index (χ0v) is 9.50. The van der Waals surface area contributed by atoms with Crippen molar-refractivity contribution in [3.63, 3.8) is 0 Å². The van der Waals surface area contributed by atoms with Gasteiger partial charge in [-0.15, -0.1) is 0 Å². The van der Waals surface area contributed by atoms with E-state index in [9.17, 15) is 13.2 Å². The van der Waals surface area contributed by atoms with Gasteiger partial charge in [-0.25, -0.2) is 0 Å². The summed E-state index contributed by atoms with van der Waals surface area (Å²) in [6.45, 7) is 9.03.